The first-order valence-electron chi connectivity index (χ1n) is 11.2. The molecule has 1 aromatic heterocycles. The van der Waals surface area contributed by atoms with Gasteiger partial charge < -0.3 is 19.5 Å². The van der Waals surface area contributed by atoms with Crippen LogP contribution in [0, 0.1) is 0 Å². The number of rotatable bonds is 6. The van der Waals surface area contributed by atoms with Crippen LogP contribution in [0.5, 0.6) is 5.75 Å². The number of ether oxygens (including phenoxy) is 1. The van der Waals surface area contributed by atoms with E-state index in [1.165, 1.54) is 4.31 Å². The molecule has 0 radical (unpaired) electrons. The van der Waals surface area contributed by atoms with Crippen molar-refractivity contribution in [3.8, 4) is 5.75 Å². The van der Waals surface area contributed by atoms with Gasteiger partial charge in [-0.25, -0.2) is 13.2 Å². The van der Waals surface area contributed by atoms with Gasteiger partial charge in [0.05, 0.1) is 12.0 Å². The number of aryl methyl sites for hydroxylation is 1. The average molecular weight is 471 g/mol. The Balaban J connectivity index is 1.40. The highest BCUT2D eigenvalue weighted by Crippen LogP contribution is 2.24. The fraction of sp³-hybridized carbons (Fsp3) is 0.375. The molecule has 0 saturated carbocycles. The highest BCUT2D eigenvalue weighted by atomic mass is 32.2. The molecule has 4 rings (SSSR count). The summed E-state index contributed by atoms with van der Waals surface area (Å²) < 4.78 is 35.4. The van der Waals surface area contributed by atoms with Crippen molar-refractivity contribution in [2.24, 2.45) is 0 Å². The van der Waals surface area contributed by atoms with Crippen molar-refractivity contribution in [3.05, 3.63) is 60.3 Å². The second kappa shape index (κ2) is 9.84. The Kier molecular flexibility index (Phi) is 6.90. The zero-order chi connectivity index (χ0) is 23.4. The lowest BCUT2D eigenvalue weighted by Crippen LogP contribution is -2.42. The van der Waals surface area contributed by atoms with Crippen molar-refractivity contribution in [1.29, 1.82) is 0 Å². The predicted molar refractivity (Wildman–Crippen MR) is 128 cm³/mol. The van der Waals surface area contributed by atoms with Gasteiger partial charge in [-0.3, -0.25) is 0 Å². The number of urea groups is 1. The van der Waals surface area contributed by atoms with Gasteiger partial charge in [0.25, 0.3) is 0 Å². The molecule has 2 heterocycles. The van der Waals surface area contributed by atoms with E-state index in [-0.39, 0.29) is 12.6 Å². The molecule has 9 heteroatoms. The van der Waals surface area contributed by atoms with E-state index in [0.717, 1.165) is 28.8 Å². The van der Waals surface area contributed by atoms with Crippen molar-refractivity contribution >= 4 is 27.0 Å². The molecule has 1 aliphatic heterocycles. The Morgan fingerprint density at radius 3 is 2.70 bits per heavy atom. The molecular weight excluding hydrogens is 440 g/mol. The second-order valence-electron chi connectivity index (χ2n) is 8.08. The van der Waals surface area contributed by atoms with Gasteiger partial charge in [0.1, 0.15) is 5.75 Å². The number of nitrogens with one attached hydrogen (secondary N) is 1. The van der Waals surface area contributed by atoms with Crippen LogP contribution in [0.1, 0.15) is 18.9 Å². The number of aromatic nitrogens is 1. The van der Waals surface area contributed by atoms with Gasteiger partial charge in [-0.15, -0.1) is 0 Å². The summed E-state index contributed by atoms with van der Waals surface area (Å²) in [5.41, 5.74) is 1.96. The molecule has 2 amide bonds. The van der Waals surface area contributed by atoms with Crippen LogP contribution in [-0.2, 0) is 23.1 Å². The van der Waals surface area contributed by atoms with Crippen LogP contribution >= 0.6 is 0 Å². The van der Waals surface area contributed by atoms with Crippen LogP contribution in [0.25, 0.3) is 10.9 Å². The summed E-state index contributed by atoms with van der Waals surface area (Å²) in [5.74, 6) is 0.738. The Bertz CT molecular complexity index is 1240. The van der Waals surface area contributed by atoms with Crippen LogP contribution in [0.15, 0.2) is 59.6 Å². The molecule has 33 heavy (non-hydrogen) atoms. The number of methoxy groups -OCH3 is 1. The number of sulfonamides is 1. The fourth-order valence-corrected chi connectivity index (χ4v) is 5.68. The molecule has 0 bridgehead atoms. The smallest absolute Gasteiger partial charge is 0.317 e. The average Bonchev–Trinajstić information content (AvgIpc) is 3.08. The third kappa shape index (κ3) is 4.99. The number of carbonyl (C=O) groups is 1. The summed E-state index contributed by atoms with van der Waals surface area (Å²) in [6.45, 7) is 4.77. The summed E-state index contributed by atoms with van der Waals surface area (Å²) in [6.07, 6.45) is 2.55. The number of amides is 2. The molecule has 0 unspecified atom stereocenters. The van der Waals surface area contributed by atoms with E-state index in [1.54, 1.807) is 24.1 Å². The SMILES string of the molecule is CCn1ccc2cc(S(=O)(=O)N3CCCN(C(=O)NCc4cccc(OC)c4)CC3)ccc21. The highest BCUT2D eigenvalue weighted by molar-refractivity contribution is 7.89. The normalized spacial score (nSPS) is 15.4. The lowest BCUT2D eigenvalue weighted by molar-refractivity contribution is 0.200. The maximum Gasteiger partial charge on any atom is 0.317 e. The van der Waals surface area contributed by atoms with Crippen LogP contribution in [0.2, 0.25) is 0 Å². The first-order valence-corrected chi connectivity index (χ1v) is 12.6. The number of benzene rings is 2. The third-order valence-electron chi connectivity index (χ3n) is 6.04. The Morgan fingerprint density at radius 2 is 1.91 bits per heavy atom. The molecule has 3 aromatic rings. The first-order chi connectivity index (χ1) is 15.9. The molecular formula is C24H30N4O4S. The first kappa shape index (κ1) is 23.1. The number of nitrogens with zero attached hydrogens (tertiary/aromatic N) is 3. The van der Waals surface area contributed by atoms with Gasteiger partial charge in [0, 0.05) is 56.4 Å². The third-order valence-corrected chi connectivity index (χ3v) is 7.94. The van der Waals surface area contributed by atoms with Crippen molar-refractivity contribution < 1.29 is 17.9 Å². The van der Waals surface area contributed by atoms with E-state index in [4.69, 9.17) is 4.74 Å². The molecule has 1 saturated heterocycles. The second-order valence-corrected chi connectivity index (χ2v) is 10.0. The van der Waals surface area contributed by atoms with Gasteiger partial charge in [-0.05, 0) is 55.3 Å². The van der Waals surface area contributed by atoms with Gasteiger partial charge in [0.2, 0.25) is 10.0 Å². The maximum atomic E-state index is 13.3. The minimum Gasteiger partial charge on any atom is -0.497 e. The number of hydrogen-bond donors (Lipinski definition) is 1. The van der Waals surface area contributed by atoms with Crippen molar-refractivity contribution in [2.45, 2.75) is 31.3 Å². The monoisotopic (exact) mass is 470 g/mol. The summed E-state index contributed by atoms with van der Waals surface area (Å²) in [7, 11) is -2.03. The maximum absolute atomic E-state index is 13.3. The summed E-state index contributed by atoms with van der Waals surface area (Å²) in [4.78, 5) is 14.7. The Morgan fingerprint density at radius 1 is 1.06 bits per heavy atom. The standard InChI is InChI=1S/C24H30N4O4S/c1-3-26-13-10-20-17-22(8-9-23(20)26)33(30,31)28-12-5-11-27(14-15-28)24(29)25-18-19-6-4-7-21(16-19)32-2/h4,6-10,13,16-17H,3,5,11-12,14-15,18H2,1-2H3,(H,25,29). The van der Waals surface area contributed by atoms with Crippen LogP contribution in [0.4, 0.5) is 4.79 Å². The van der Waals surface area contributed by atoms with E-state index < -0.39 is 10.0 Å². The van der Waals surface area contributed by atoms with Gasteiger partial charge in [-0.2, -0.15) is 4.31 Å². The number of fused-ring (bicyclic) bond motifs is 1. The Labute approximate surface area is 194 Å². The summed E-state index contributed by atoms with van der Waals surface area (Å²) in [5, 5.41) is 3.83. The topological polar surface area (TPSA) is 83.9 Å². The molecule has 1 fully saturated rings. The van der Waals surface area contributed by atoms with E-state index in [9.17, 15) is 13.2 Å². The minimum atomic E-state index is -3.63. The summed E-state index contributed by atoms with van der Waals surface area (Å²) >= 11 is 0. The zero-order valence-electron chi connectivity index (χ0n) is 19.0. The summed E-state index contributed by atoms with van der Waals surface area (Å²) in [6, 6.07) is 14.5. The highest BCUT2D eigenvalue weighted by Gasteiger charge is 2.28. The van der Waals surface area contributed by atoms with E-state index >= 15 is 0 Å². The molecule has 0 aliphatic carbocycles. The van der Waals surface area contributed by atoms with Gasteiger partial charge in [-0.1, -0.05) is 12.1 Å². The van der Waals surface area contributed by atoms with E-state index in [0.29, 0.717) is 37.5 Å². The number of carbonyl (C=O) groups excluding carboxylic acids is 1. The fourth-order valence-electron chi connectivity index (χ4n) is 4.17. The molecule has 0 spiro atoms. The lowest BCUT2D eigenvalue weighted by atomic mass is 10.2. The molecule has 1 aliphatic rings. The van der Waals surface area contributed by atoms with Crippen LogP contribution < -0.4 is 10.1 Å². The van der Waals surface area contributed by atoms with Crippen molar-refractivity contribution in [1.82, 2.24) is 19.1 Å². The predicted octanol–water partition coefficient (Wildman–Crippen LogP) is 3.28. The van der Waals surface area contributed by atoms with Gasteiger partial charge in [0.15, 0.2) is 0 Å². The minimum absolute atomic E-state index is 0.195. The molecule has 176 valence electrons. The van der Waals surface area contributed by atoms with Crippen LogP contribution in [0.3, 0.4) is 0 Å². The molecule has 2 aromatic carbocycles. The molecule has 1 N–H and O–H groups in total. The molecule has 0 atom stereocenters. The van der Waals surface area contributed by atoms with Crippen LogP contribution in [-0.4, -0.2) is 61.5 Å². The lowest BCUT2D eigenvalue weighted by Gasteiger charge is -2.22. The Hall–Kier alpha value is -3.04. The van der Waals surface area contributed by atoms with Gasteiger partial charge >= 0.3 is 6.03 Å². The largest absolute Gasteiger partial charge is 0.497 e. The number of hydrogen-bond acceptors (Lipinski definition) is 4. The van der Waals surface area contributed by atoms with Crippen molar-refractivity contribution in [3.63, 3.8) is 0 Å². The zero-order valence-corrected chi connectivity index (χ0v) is 19.8. The molecule has 8 nitrogen and oxygen atoms in total. The van der Waals surface area contributed by atoms with E-state index in [1.807, 2.05) is 42.6 Å². The quantitative estimate of drug-likeness (QED) is 0.599. The van der Waals surface area contributed by atoms with E-state index in [2.05, 4.69) is 16.8 Å². The van der Waals surface area contributed by atoms with Crippen molar-refractivity contribution in [2.75, 3.05) is 33.3 Å².